The van der Waals surface area contributed by atoms with E-state index in [9.17, 15) is 13.2 Å². The molecule has 2 aromatic rings. The third-order valence-corrected chi connectivity index (χ3v) is 7.61. The maximum absolute atomic E-state index is 12.9. The second-order valence-corrected chi connectivity index (χ2v) is 10.2. The van der Waals surface area contributed by atoms with Crippen molar-refractivity contribution in [2.75, 3.05) is 26.7 Å². The number of nitrogens with one attached hydrogen (secondary N) is 2. The molecule has 1 heterocycles. The summed E-state index contributed by atoms with van der Waals surface area (Å²) < 4.78 is 33.0. The van der Waals surface area contributed by atoms with Gasteiger partial charge in [0.1, 0.15) is 5.75 Å². The highest BCUT2D eigenvalue weighted by Gasteiger charge is 2.28. The molecule has 1 unspecified atom stereocenters. The number of amides is 1. The van der Waals surface area contributed by atoms with Gasteiger partial charge >= 0.3 is 0 Å². The number of piperidine rings is 1. The minimum atomic E-state index is -3.60. The van der Waals surface area contributed by atoms with Crippen molar-refractivity contribution in [2.24, 2.45) is 0 Å². The normalized spacial score (nSPS) is 18.2. The van der Waals surface area contributed by atoms with Gasteiger partial charge in [-0.1, -0.05) is 24.6 Å². The Balaban J connectivity index is 1.47. The molecule has 2 aromatic carbocycles. The second-order valence-electron chi connectivity index (χ2n) is 8.52. The summed E-state index contributed by atoms with van der Waals surface area (Å²) in [6.45, 7) is 2.43. The molecular formula is C24H31N3O4S. The van der Waals surface area contributed by atoms with E-state index in [1.165, 1.54) is 18.6 Å². The number of hydrogen-bond acceptors (Lipinski definition) is 5. The lowest BCUT2D eigenvalue weighted by Gasteiger charge is -2.35. The van der Waals surface area contributed by atoms with Gasteiger partial charge in [0.05, 0.1) is 18.0 Å². The summed E-state index contributed by atoms with van der Waals surface area (Å²) in [6, 6.07) is 14.3. The lowest BCUT2D eigenvalue weighted by atomic mass is 10.0. The molecule has 32 heavy (non-hydrogen) atoms. The standard InChI is InChI=1S/C24H31N3O4S/c1-31-21-12-8-18(9-13-21)23(27-14-3-2-4-15-27)17-25-24(28)19-6-5-7-22(16-19)32(29,30)26-20-10-11-20/h5-9,12-13,16,20,23,26H,2-4,10-11,14-15,17H2,1H3,(H,25,28). The number of carbonyl (C=O) groups excluding carboxylic acids is 1. The van der Waals surface area contributed by atoms with E-state index in [1.54, 1.807) is 19.2 Å². The van der Waals surface area contributed by atoms with Gasteiger partial charge in [-0.2, -0.15) is 0 Å². The van der Waals surface area contributed by atoms with Gasteiger partial charge in [0.25, 0.3) is 5.91 Å². The molecule has 2 N–H and O–H groups in total. The van der Waals surface area contributed by atoms with Crippen molar-refractivity contribution in [3.63, 3.8) is 0 Å². The fourth-order valence-corrected chi connectivity index (χ4v) is 5.45. The molecule has 2 aliphatic rings. The molecule has 1 saturated heterocycles. The van der Waals surface area contributed by atoms with Crippen LogP contribution in [0.25, 0.3) is 0 Å². The average molecular weight is 458 g/mol. The number of methoxy groups -OCH3 is 1. The Morgan fingerprint density at radius 3 is 2.47 bits per heavy atom. The van der Waals surface area contributed by atoms with E-state index in [0.29, 0.717) is 12.1 Å². The van der Waals surface area contributed by atoms with E-state index < -0.39 is 10.0 Å². The van der Waals surface area contributed by atoms with Crippen molar-refractivity contribution in [1.29, 1.82) is 0 Å². The number of carbonyl (C=O) groups is 1. The molecular weight excluding hydrogens is 426 g/mol. The van der Waals surface area contributed by atoms with Crippen LogP contribution in [0.3, 0.4) is 0 Å². The van der Waals surface area contributed by atoms with Crippen LogP contribution < -0.4 is 14.8 Å². The molecule has 1 aliphatic heterocycles. The van der Waals surface area contributed by atoms with E-state index in [2.05, 4.69) is 14.9 Å². The minimum Gasteiger partial charge on any atom is -0.497 e. The topological polar surface area (TPSA) is 87.7 Å². The van der Waals surface area contributed by atoms with Gasteiger partial charge in [-0.15, -0.1) is 0 Å². The Morgan fingerprint density at radius 2 is 1.81 bits per heavy atom. The molecule has 7 nitrogen and oxygen atoms in total. The number of rotatable bonds is 9. The largest absolute Gasteiger partial charge is 0.497 e. The summed E-state index contributed by atoms with van der Waals surface area (Å²) in [5, 5.41) is 3.03. The van der Waals surface area contributed by atoms with E-state index in [0.717, 1.165) is 50.1 Å². The summed E-state index contributed by atoms with van der Waals surface area (Å²) in [6.07, 6.45) is 5.25. The van der Waals surface area contributed by atoms with Crippen LogP contribution >= 0.6 is 0 Å². The summed E-state index contributed by atoms with van der Waals surface area (Å²) in [5.74, 6) is 0.525. The van der Waals surface area contributed by atoms with Gasteiger partial charge in [0.15, 0.2) is 0 Å². The zero-order valence-corrected chi connectivity index (χ0v) is 19.2. The van der Waals surface area contributed by atoms with Gasteiger partial charge in [-0.05, 0) is 74.7 Å². The van der Waals surface area contributed by atoms with Crippen LogP contribution in [-0.2, 0) is 10.0 Å². The first-order valence-corrected chi connectivity index (χ1v) is 12.7. The van der Waals surface area contributed by atoms with Crippen LogP contribution in [-0.4, -0.2) is 52.0 Å². The Bertz CT molecular complexity index is 1030. The predicted octanol–water partition coefficient (Wildman–Crippen LogP) is 3.09. The van der Waals surface area contributed by atoms with Crippen molar-refractivity contribution in [3.8, 4) is 5.75 Å². The highest BCUT2D eigenvalue weighted by atomic mass is 32.2. The molecule has 0 spiro atoms. The van der Waals surface area contributed by atoms with Crippen molar-refractivity contribution in [3.05, 3.63) is 59.7 Å². The maximum atomic E-state index is 12.9. The molecule has 0 radical (unpaired) electrons. The van der Waals surface area contributed by atoms with Gasteiger partial charge in [-0.25, -0.2) is 13.1 Å². The quantitative estimate of drug-likeness (QED) is 0.604. The van der Waals surface area contributed by atoms with Crippen molar-refractivity contribution in [2.45, 2.75) is 49.1 Å². The van der Waals surface area contributed by atoms with Gasteiger partial charge in [0.2, 0.25) is 10.0 Å². The first-order chi connectivity index (χ1) is 15.5. The summed E-state index contributed by atoms with van der Waals surface area (Å²) in [7, 11) is -1.96. The monoisotopic (exact) mass is 457 g/mol. The molecule has 8 heteroatoms. The van der Waals surface area contributed by atoms with Crippen LogP contribution in [0.5, 0.6) is 5.75 Å². The molecule has 2 fully saturated rings. The molecule has 1 aliphatic carbocycles. The Morgan fingerprint density at radius 1 is 1.09 bits per heavy atom. The second kappa shape index (κ2) is 10.0. The Kier molecular flexibility index (Phi) is 7.13. The average Bonchev–Trinajstić information content (AvgIpc) is 3.63. The maximum Gasteiger partial charge on any atom is 0.251 e. The molecule has 1 amide bonds. The van der Waals surface area contributed by atoms with E-state index in [-0.39, 0.29) is 22.9 Å². The van der Waals surface area contributed by atoms with Crippen LogP contribution in [0.4, 0.5) is 0 Å². The van der Waals surface area contributed by atoms with Crippen LogP contribution in [0, 0.1) is 0 Å². The lowest BCUT2D eigenvalue weighted by molar-refractivity contribution is 0.0924. The third-order valence-electron chi connectivity index (χ3n) is 6.09. The van der Waals surface area contributed by atoms with E-state index in [1.807, 2.05) is 24.3 Å². The molecule has 172 valence electrons. The van der Waals surface area contributed by atoms with Crippen molar-refractivity contribution < 1.29 is 17.9 Å². The highest BCUT2D eigenvalue weighted by molar-refractivity contribution is 7.89. The van der Waals surface area contributed by atoms with E-state index >= 15 is 0 Å². The zero-order valence-electron chi connectivity index (χ0n) is 18.4. The fraction of sp³-hybridized carbons (Fsp3) is 0.458. The fourth-order valence-electron chi connectivity index (χ4n) is 4.10. The number of likely N-dealkylation sites (tertiary alicyclic amines) is 1. The van der Waals surface area contributed by atoms with E-state index in [4.69, 9.17) is 4.74 Å². The van der Waals surface area contributed by atoms with Crippen LogP contribution in [0.15, 0.2) is 53.4 Å². The van der Waals surface area contributed by atoms with Gasteiger partial charge in [-0.3, -0.25) is 9.69 Å². The predicted molar refractivity (Wildman–Crippen MR) is 123 cm³/mol. The first kappa shape index (κ1) is 22.8. The van der Waals surface area contributed by atoms with Gasteiger partial charge < -0.3 is 10.1 Å². The highest BCUT2D eigenvalue weighted by Crippen LogP contribution is 2.26. The first-order valence-electron chi connectivity index (χ1n) is 11.2. The molecule has 1 saturated carbocycles. The van der Waals surface area contributed by atoms with Crippen LogP contribution in [0.2, 0.25) is 0 Å². The van der Waals surface area contributed by atoms with Crippen molar-refractivity contribution in [1.82, 2.24) is 14.9 Å². The third kappa shape index (κ3) is 5.68. The smallest absolute Gasteiger partial charge is 0.251 e. The lowest BCUT2D eigenvalue weighted by Crippen LogP contribution is -2.40. The van der Waals surface area contributed by atoms with Gasteiger partial charge in [0, 0.05) is 18.2 Å². The number of nitrogens with zero attached hydrogens (tertiary/aromatic N) is 1. The Hall–Kier alpha value is -2.42. The molecule has 0 aromatic heterocycles. The molecule has 4 rings (SSSR count). The molecule has 0 bridgehead atoms. The molecule has 1 atom stereocenters. The summed E-state index contributed by atoms with van der Waals surface area (Å²) in [4.78, 5) is 15.4. The summed E-state index contributed by atoms with van der Waals surface area (Å²) in [5.41, 5.74) is 1.47. The zero-order chi connectivity index (χ0) is 22.6. The SMILES string of the molecule is COc1ccc(C(CNC(=O)c2cccc(S(=O)(=O)NC3CC3)c2)N2CCCCC2)cc1. The number of benzene rings is 2. The van der Waals surface area contributed by atoms with Crippen LogP contribution in [0.1, 0.15) is 54.1 Å². The number of hydrogen-bond donors (Lipinski definition) is 2. The summed E-state index contributed by atoms with van der Waals surface area (Å²) >= 11 is 0. The van der Waals surface area contributed by atoms with Crippen molar-refractivity contribution >= 4 is 15.9 Å². The number of ether oxygens (including phenoxy) is 1. The minimum absolute atomic E-state index is 0.0206. The number of sulfonamides is 1. The Labute approximate surface area is 190 Å².